The van der Waals surface area contributed by atoms with Crippen LogP contribution in [0.25, 0.3) is 0 Å². The van der Waals surface area contributed by atoms with E-state index in [1.807, 2.05) is 10.8 Å². The van der Waals surface area contributed by atoms with Gasteiger partial charge in [-0.1, -0.05) is 0 Å². The van der Waals surface area contributed by atoms with E-state index in [2.05, 4.69) is 4.98 Å². The van der Waals surface area contributed by atoms with Gasteiger partial charge in [-0.05, 0) is 12.8 Å². The summed E-state index contributed by atoms with van der Waals surface area (Å²) in [5.74, 6) is 0. The van der Waals surface area contributed by atoms with Gasteiger partial charge in [-0.15, -0.1) is 5.73 Å². The fourth-order valence-electron chi connectivity index (χ4n) is 0.825. The molecule has 0 spiro atoms. The first-order valence-corrected chi connectivity index (χ1v) is 3.50. The van der Waals surface area contributed by atoms with Gasteiger partial charge in [-0.3, -0.25) is 0 Å². The van der Waals surface area contributed by atoms with Crippen LogP contribution in [-0.2, 0) is 6.54 Å². The fourth-order valence-corrected chi connectivity index (χ4v) is 0.825. The Kier molecular flexibility index (Phi) is 2.96. The van der Waals surface area contributed by atoms with E-state index in [4.69, 9.17) is 5.73 Å². The number of nitrogens with zero attached hydrogens (tertiary/aromatic N) is 3. The Bertz CT molecular complexity index is 157. The van der Waals surface area contributed by atoms with Crippen molar-refractivity contribution < 1.29 is 0 Å². The smallest absolute Gasteiger partial charge is 0.0945 e. The van der Waals surface area contributed by atoms with E-state index in [-0.39, 0.29) is 6.54 Å². The van der Waals surface area contributed by atoms with Gasteiger partial charge in [0.1, 0.15) is 0 Å². The lowest BCUT2D eigenvalue weighted by Crippen LogP contribution is -1.95. The van der Waals surface area contributed by atoms with E-state index in [1.165, 1.54) is 0 Å². The summed E-state index contributed by atoms with van der Waals surface area (Å²) < 4.78 is 2.01. The van der Waals surface area contributed by atoms with Crippen LogP contribution in [0.4, 0.5) is 0 Å². The van der Waals surface area contributed by atoms with Gasteiger partial charge in [0.05, 0.1) is 6.33 Å². The largest absolute Gasteiger partial charge is 0.337 e. The molecule has 54 valence electrons. The highest BCUT2D eigenvalue weighted by Crippen LogP contribution is 1.92. The molecule has 0 bridgehead atoms. The average Bonchev–Trinajstić information content (AvgIpc) is 2.41. The second-order valence-corrected chi connectivity index (χ2v) is 2.23. The second kappa shape index (κ2) is 4.06. The van der Waals surface area contributed by atoms with Crippen molar-refractivity contribution in [3.8, 4) is 0 Å². The quantitative estimate of drug-likeness (QED) is 0.564. The molecule has 0 aliphatic heterocycles. The molecule has 10 heavy (non-hydrogen) atoms. The Balaban J connectivity index is 2.15. The number of hydrogen-bond donors (Lipinski definition) is 0. The highest BCUT2D eigenvalue weighted by molar-refractivity contribution is 4.73. The van der Waals surface area contributed by atoms with E-state index in [0.29, 0.717) is 0 Å². The molecule has 0 saturated heterocycles. The molecule has 1 heterocycles. The molecule has 0 amide bonds. The molecule has 0 aliphatic carbocycles. The Hall–Kier alpha value is -0.830. The van der Waals surface area contributed by atoms with Crippen LogP contribution in [0.1, 0.15) is 12.8 Å². The van der Waals surface area contributed by atoms with Crippen LogP contribution in [-0.4, -0.2) is 16.1 Å². The van der Waals surface area contributed by atoms with Crippen molar-refractivity contribution in [2.75, 3.05) is 6.54 Å². The van der Waals surface area contributed by atoms with Gasteiger partial charge in [-0.2, -0.15) is 0 Å². The minimum Gasteiger partial charge on any atom is -0.337 e. The molecule has 3 nitrogen and oxygen atoms in total. The Morgan fingerprint density at radius 2 is 2.30 bits per heavy atom. The first-order valence-electron chi connectivity index (χ1n) is 3.50. The standard InChI is InChI=1S/C7H11N3/c8-3-1-2-5-10-6-4-9-7-10/h4,6-7H,1-3,5H2. The van der Waals surface area contributed by atoms with Gasteiger partial charge in [-0.25, -0.2) is 4.98 Å². The molecule has 0 saturated carbocycles. The van der Waals surface area contributed by atoms with Crippen molar-refractivity contribution in [2.24, 2.45) is 0 Å². The SMILES string of the molecule is [N]CCCCn1ccnc1. The van der Waals surface area contributed by atoms with Crippen molar-refractivity contribution in [3.05, 3.63) is 18.7 Å². The van der Waals surface area contributed by atoms with E-state index in [1.54, 1.807) is 12.5 Å². The molecular formula is C7H11N3. The predicted octanol–water partition coefficient (Wildman–Crippen LogP) is 0.732. The summed E-state index contributed by atoms with van der Waals surface area (Å²) in [6.45, 7) is 1.25. The lowest BCUT2D eigenvalue weighted by atomic mass is 10.3. The molecule has 2 radical (unpaired) electrons. The second-order valence-electron chi connectivity index (χ2n) is 2.23. The summed E-state index contributed by atoms with van der Waals surface area (Å²) in [6.07, 6.45) is 7.37. The third-order valence-electron chi connectivity index (χ3n) is 1.38. The summed E-state index contributed by atoms with van der Waals surface area (Å²) in [4.78, 5) is 3.90. The third kappa shape index (κ3) is 2.19. The number of aryl methyl sites for hydroxylation is 1. The highest BCUT2D eigenvalue weighted by atomic mass is 15.0. The van der Waals surface area contributed by atoms with Crippen molar-refractivity contribution in [1.82, 2.24) is 15.3 Å². The molecule has 0 N–H and O–H groups in total. The van der Waals surface area contributed by atoms with E-state index in [9.17, 15) is 0 Å². The minimum absolute atomic E-state index is 0.286. The molecular weight excluding hydrogens is 126 g/mol. The number of imidazole rings is 1. The lowest BCUT2D eigenvalue weighted by molar-refractivity contribution is 0.611. The van der Waals surface area contributed by atoms with Gasteiger partial charge >= 0.3 is 0 Å². The zero-order valence-electron chi connectivity index (χ0n) is 5.90. The van der Waals surface area contributed by atoms with Crippen LogP contribution < -0.4 is 5.73 Å². The number of unbranched alkanes of at least 4 members (excludes halogenated alkanes) is 1. The highest BCUT2D eigenvalue weighted by Gasteiger charge is 1.88. The summed E-state index contributed by atoms with van der Waals surface area (Å²) >= 11 is 0. The summed E-state index contributed by atoms with van der Waals surface area (Å²) in [7, 11) is 0. The molecule has 0 atom stereocenters. The summed E-state index contributed by atoms with van der Waals surface area (Å²) in [5, 5.41) is 0. The van der Waals surface area contributed by atoms with Crippen LogP contribution in [0, 0.1) is 0 Å². The monoisotopic (exact) mass is 137 g/mol. The van der Waals surface area contributed by atoms with Crippen LogP contribution in [0.3, 0.4) is 0 Å². The van der Waals surface area contributed by atoms with Crippen LogP contribution in [0.2, 0.25) is 0 Å². The molecule has 1 aromatic rings. The Labute approximate surface area is 60.9 Å². The van der Waals surface area contributed by atoms with Gasteiger partial charge in [0, 0.05) is 25.5 Å². The molecule has 0 aromatic carbocycles. The third-order valence-corrected chi connectivity index (χ3v) is 1.38. The fraction of sp³-hybridized carbons (Fsp3) is 0.571. The van der Waals surface area contributed by atoms with Crippen molar-refractivity contribution in [1.29, 1.82) is 0 Å². The van der Waals surface area contributed by atoms with Gasteiger partial charge in [0.2, 0.25) is 0 Å². The van der Waals surface area contributed by atoms with Crippen molar-refractivity contribution in [3.63, 3.8) is 0 Å². The zero-order valence-corrected chi connectivity index (χ0v) is 5.90. The number of aromatic nitrogens is 2. The Morgan fingerprint density at radius 3 is 2.90 bits per heavy atom. The molecule has 0 unspecified atom stereocenters. The van der Waals surface area contributed by atoms with Crippen molar-refractivity contribution >= 4 is 0 Å². The summed E-state index contributed by atoms with van der Waals surface area (Å²) in [5.41, 5.74) is 8.47. The summed E-state index contributed by atoms with van der Waals surface area (Å²) in [6, 6.07) is 0. The first kappa shape index (κ1) is 7.28. The zero-order chi connectivity index (χ0) is 7.23. The van der Waals surface area contributed by atoms with Gasteiger partial charge < -0.3 is 4.57 Å². The normalized spacial score (nSPS) is 10.1. The molecule has 0 fully saturated rings. The molecule has 0 aliphatic rings. The van der Waals surface area contributed by atoms with E-state index in [0.717, 1.165) is 19.4 Å². The van der Waals surface area contributed by atoms with Crippen LogP contribution in [0.5, 0.6) is 0 Å². The average molecular weight is 137 g/mol. The van der Waals surface area contributed by atoms with Gasteiger partial charge in [0.25, 0.3) is 0 Å². The van der Waals surface area contributed by atoms with Crippen LogP contribution >= 0.6 is 0 Å². The first-order chi connectivity index (χ1) is 4.93. The lowest BCUT2D eigenvalue weighted by Gasteiger charge is -1.97. The predicted molar refractivity (Wildman–Crippen MR) is 38.5 cm³/mol. The molecule has 1 rings (SSSR count). The number of rotatable bonds is 4. The maximum Gasteiger partial charge on any atom is 0.0945 e. The minimum atomic E-state index is 0.286. The van der Waals surface area contributed by atoms with E-state index < -0.39 is 0 Å². The van der Waals surface area contributed by atoms with Crippen LogP contribution in [0.15, 0.2) is 18.7 Å². The molecule has 3 heteroatoms. The van der Waals surface area contributed by atoms with E-state index >= 15 is 0 Å². The van der Waals surface area contributed by atoms with Gasteiger partial charge in [0.15, 0.2) is 0 Å². The Morgan fingerprint density at radius 1 is 1.40 bits per heavy atom. The maximum absolute atomic E-state index is 8.47. The maximum atomic E-state index is 8.47. The number of hydrogen-bond acceptors (Lipinski definition) is 1. The molecule has 1 aromatic heterocycles. The van der Waals surface area contributed by atoms with Crippen molar-refractivity contribution in [2.45, 2.75) is 19.4 Å². The topological polar surface area (TPSA) is 40.1 Å².